The first-order valence-electron chi connectivity index (χ1n) is 10.5. The number of rotatable bonds is 7. The number of aromatic carboxylic acids is 1. The second-order valence-corrected chi connectivity index (χ2v) is 8.35. The van der Waals surface area contributed by atoms with E-state index in [0.29, 0.717) is 18.6 Å². The maximum Gasteiger partial charge on any atom is 0.341 e. The summed E-state index contributed by atoms with van der Waals surface area (Å²) >= 11 is 0. The molecule has 1 aromatic carbocycles. The lowest BCUT2D eigenvalue weighted by molar-refractivity contribution is 0.0694. The van der Waals surface area contributed by atoms with Crippen molar-refractivity contribution < 1.29 is 24.1 Å². The Bertz CT molecular complexity index is 1050. The minimum atomic E-state index is -1.33. The van der Waals surface area contributed by atoms with Crippen LogP contribution >= 0.6 is 0 Å². The van der Waals surface area contributed by atoms with E-state index < -0.39 is 17.2 Å². The maximum atomic E-state index is 15.3. The predicted octanol–water partition coefficient (Wildman–Crippen LogP) is 3.03. The van der Waals surface area contributed by atoms with Gasteiger partial charge in [-0.15, -0.1) is 0 Å². The lowest BCUT2D eigenvalue weighted by Crippen LogP contribution is -2.24. The second-order valence-electron chi connectivity index (χ2n) is 8.35. The summed E-state index contributed by atoms with van der Waals surface area (Å²) in [5.41, 5.74) is -0.366. The lowest BCUT2D eigenvalue weighted by Gasteiger charge is -2.25. The van der Waals surface area contributed by atoms with E-state index in [-0.39, 0.29) is 46.9 Å². The zero-order valence-electron chi connectivity index (χ0n) is 17.2. The molecule has 1 aromatic heterocycles. The van der Waals surface area contributed by atoms with Gasteiger partial charge in [-0.25, -0.2) is 9.18 Å². The summed E-state index contributed by atoms with van der Waals surface area (Å²) in [5, 5.41) is 19.2. The number of ether oxygens (including phenoxy) is 1. The molecule has 7 nitrogen and oxygen atoms in total. The van der Waals surface area contributed by atoms with E-state index in [1.807, 2.05) is 4.90 Å². The number of aliphatic hydroxyl groups is 1. The van der Waals surface area contributed by atoms with E-state index >= 15 is 4.39 Å². The Balaban J connectivity index is 1.93. The third-order valence-corrected chi connectivity index (χ3v) is 6.36. The molecule has 30 heavy (non-hydrogen) atoms. The van der Waals surface area contributed by atoms with Crippen molar-refractivity contribution in [1.29, 1.82) is 0 Å². The first kappa shape index (κ1) is 20.7. The summed E-state index contributed by atoms with van der Waals surface area (Å²) in [6.45, 7) is 3.22. The molecule has 2 heterocycles. The van der Waals surface area contributed by atoms with Gasteiger partial charge in [0.2, 0.25) is 5.43 Å². The van der Waals surface area contributed by atoms with Crippen LogP contribution < -0.4 is 15.1 Å². The Morgan fingerprint density at radius 3 is 2.57 bits per heavy atom. The van der Waals surface area contributed by atoms with Gasteiger partial charge in [-0.05, 0) is 31.2 Å². The number of nitrogens with zero attached hydrogens (tertiary/aromatic N) is 2. The predicted molar refractivity (Wildman–Crippen MR) is 111 cm³/mol. The van der Waals surface area contributed by atoms with Crippen LogP contribution in [0, 0.1) is 17.7 Å². The number of carboxylic acid groups (broad SMARTS) is 1. The summed E-state index contributed by atoms with van der Waals surface area (Å²) < 4.78 is 22.7. The summed E-state index contributed by atoms with van der Waals surface area (Å²) in [4.78, 5) is 26.3. The van der Waals surface area contributed by atoms with Crippen LogP contribution in [-0.4, -0.2) is 47.6 Å². The van der Waals surface area contributed by atoms with E-state index in [9.17, 15) is 19.8 Å². The van der Waals surface area contributed by atoms with E-state index in [2.05, 4.69) is 6.92 Å². The molecule has 2 unspecified atom stereocenters. The Morgan fingerprint density at radius 1 is 1.30 bits per heavy atom. The molecule has 2 N–H and O–H groups in total. The number of aliphatic hydroxyl groups excluding tert-OH is 1. The monoisotopic (exact) mass is 418 g/mol. The van der Waals surface area contributed by atoms with Crippen molar-refractivity contribution in [2.24, 2.45) is 11.8 Å². The molecule has 2 fully saturated rings. The van der Waals surface area contributed by atoms with E-state index in [0.717, 1.165) is 31.7 Å². The summed E-state index contributed by atoms with van der Waals surface area (Å²) in [6.07, 6.45) is 5.00. The van der Waals surface area contributed by atoms with Crippen molar-refractivity contribution in [3.05, 3.63) is 33.9 Å². The van der Waals surface area contributed by atoms with Crippen LogP contribution in [0.1, 0.15) is 49.0 Å². The highest BCUT2D eigenvalue weighted by Crippen LogP contribution is 2.45. The van der Waals surface area contributed by atoms with Gasteiger partial charge in [0.25, 0.3) is 0 Å². The van der Waals surface area contributed by atoms with Crippen LogP contribution in [0.25, 0.3) is 10.9 Å². The fourth-order valence-electron chi connectivity index (χ4n) is 4.75. The number of carbonyl (C=O) groups is 1. The van der Waals surface area contributed by atoms with Crippen LogP contribution in [0.5, 0.6) is 5.75 Å². The lowest BCUT2D eigenvalue weighted by atomic mass is 9.93. The van der Waals surface area contributed by atoms with Crippen LogP contribution in [0.2, 0.25) is 0 Å². The average molecular weight is 418 g/mol. The molecular weight excluding hydrogens is 391 g/mol. The van der Waals surface area contributed by atoms with Gasteiger partial charge < -0.3 is 24.4 Å². The average Bonchev–Trinajstić information content (AvgIpc) is 3.48. The number of benzene rings is 1. The van der Waals surface area contributed by atoms with Crippen molar-refractivity contribution in [2.75, 3.05) is 31.7 Å². The highest BCUT2D eigenvalue weighted by atomic mass is 19.1. The number of anilines is 1. The van der Waals surface area contributed by atoms with Gasteiger partial charge in [0.15, 0.2) is 11.6 Å². The molecule has 1 aliphatic heterocycles. The first-order chi connectivity index (χ1) is 14.4. The molecule has 0 radical (unpaired) electrons. The SMILES string of the molecule is CCCC1CN(c2c(F)cc3c(=O)c(C(=O)O)cn(C4CC4)c3c2OC)CC1CO. The Hall–Kier alpha value is -2.61. The molecule has 0 amide bonds. The van der Waals surface area contributed by atoms with Gasteiger partial charge in [-0.1, -0.05) is 13.3 Å². The molecular formula is C22H27FN2O5. The standard InChI is InChI=1S/C22H27FN2O5/c1-3-4-12-8-24(9-13(12)11-26)19-17(23)7-15-18(21(19)30-2)25(14-5-6-14)10-16(20(15)27)22(28)29/h7,10,12-14,26H,3-6,8-9,11H2,1-2H3,(H,28,29). The molecule has 1 aliphatic carbocycles. The first-order valence-corrected chi connectivity index (χ1v) is 10.5. The Kier molecular flexibility index (Phi) is 5.44. The highest BCUT2D eigenvalue weighted by molar-refractivity contribution is 5.97. The minimum absolute atomic E-state index is 0.0166. The molecule has 2 aliphatic rings. The molecule has 8 heteroatoms. The van der Waals surface area contributed by atoms with Crippen molar-refractivity contribution in [3.8, 4) is 5.75 Å². The number of aromatic nitrogens is 1. The fourth-order valence-corrected chi connectivity index (χ4v) is 4.75. The highest BCUT2D eigenvalue weighted by Gasteiger charge is 2.36. The number of halogens is 1. The van der Waals surface area contributed by atoms with Crippen molar-refractivity contribution in [2.45, 2.75) is 38.6 Å². The molecule has 2 atom stereocenters. The summed E-state index contributed by atoms with van der Waals surface area (Å²) in [5.74, 6) is -1.40. The second kappa shape index (κ2) is 7.91. The van der Waals surface area contributed by atoms with Gasteiger partial charge in [0.05, 0.1) is 18.0 Å². The zero-order chi connectivity index (χ0) is 21.6. The smallest absolute Gasteiger partial charge is 0.341 e. The van der Waals surface area contributed by atoms with Crippen LogP contribution in [0.15, 0.2) is 17.1 Å². The quantitative estimate of drug-likeness (QED) is 0.718. The van der Waals surface area contributed by atoms with Gasteiger partial charge >= 0.3 is 5.97 Å². The number of hydrogen-bond donors (Lipinski definition) is 2. The molecule has 2 aromatic rings. The molecule has 1 saturated heterocycles. The van der Waals surface area contributed by atoms with Gasteiger partial charge in [0, 0.05) is 37.9 Å². The topological polar surface area (TPSA) is 92.0 Å². The van der Waals surface area contributed by atoms with E-state index in [1.54, 1.807) is 4.57 Å². The third-order valence-electron chi connectivity index (χ3n) is 6.36. The zero-order valence-corrected chi connectivity index (χ0v) is 17.2. The van der Waals surface area contributed by atoms with Crippen LogP contribution in [0.3, 0.4) is 0 Å². The summed E-state index contributed by atoms with van der Waals surface area (Å²) in [7, 11) is 1.44. The van der Waals surface area contributed by atoms with Crippen LogP contribution in [0.4, 0.5) is 10.1 Å². The number of fused-ring (bicyclic) bond motifs is 1. The summed E-state index contributed by atoms with van der Waals surface area (Å²) in [6, 6.07) is 1.21. The largest absolute Gasteiger partial charge is 0.492 e. The number of hydrogen-bond acceptors (Lipinski definition) is 5. The van der Waals surface area contributed by atoms with Crippen molar-refractivity contribution in [3.63, 3.8) is 0 Å². The third kappa shape index (κ3) is 3.33. The Labute approximate surface area is 173 Å². The van der Waals surface area contributed by atoms with E-state index in [4.69, 9.17) is 4.74 Å². The molecule has 0 bridgehead atoms. The van der Waals surface area contributed by atoms with Crippen LogP contribution in [-0.2, 0) is 0 Å². The molecule has 1 saturated carbocycles. The number of methoxy groups -OCH3 is 1. The van der Waals surface area contributed by atoms with Gasteiger partial charge in [0.1, 0.15) is 11.3 Å². The fraction of sp³-hybridized carbons (Fsp3) is 0.545. The van der Waals surface area contributed by atoms with Gasteiger partial charge in [-0.2, -0.15) is 0 Å². The van der Waals surface area contributed by atoms with Gasteiger partial charge in [-0.3, -0.25) is 4.79 Å². The number of pyridine rings is 1. The van der Waals surface area contributed by atoms with E-state index in [1.165, 1.54) is 13.3 Å². The number of carboxylic acids is 1. The Morgan fingerprint density at radius 2 is 2.00 bits per heavy atom. The molecule has 4 rings (SSSR count). The van der Waals surface area contributed by atoms with Crippen molar-refractivity contribution >= 4 is 22.6 Å². The van der Waals surface area contributed by atoms with Crippen molar-refractivity contribution in [1.82, 2.24) is 4.57 Å². The normalized spacial score (nSPS) is 21.4. The maximum absolute atomic E-state index is 15.3. The minimum Gasteiger partial charge on any atom is -0.492 e. The molecule has 162 valence electrons. The molecule has 0 spiro atoms.